The van der Waals surface area contributed by atoms with Crippen LogP contribution in [0.4, 0.5) is 18.0 Å². The number of urea groups is 1. The summed E-state index contributed by atoms with van der Waals surface area (Å²) >= 11 is 0. The van der Waals surface area contributed by atoms with Crippen molar-refractivity contribution in [3.8, 4) is 0 Å². The molecule has 100 valence electrons. The topological polar surface area (TPSA) is 58.6 Å². The largest absolute Gasteiger partial charge is 0.469 e. The molecule has 2 amide bonds. The van der Waals surface area contributed by atoms with Gasteiger partial charge in [0.2, 0.25) is 0 Å². The molecule has 0 fully saturated rings. The third-order valence-corrected chi connectivity index (χ3v) is 1.89. The Morgan fingerprint density at radius 3 is 2.41 bits per heavy atom. The fourth-order valence-electron chi connectivity index (χ4n) is 0.975. The first-order valence-corrected chi connectivity index (χ1v) is 4.89. The minimum Gasteiger partial charge on any atom is -0.469 e. The SMILES string of the molecule is COC(=O)CCCN(C)C(=O)NCC(F)(F)F. The molecule has 8 heteroatoms. The first-order chi connectivity index (χ1) is 7.76. The van der Waals surface area contributed by atoms with Gasteiger partial charge >= 0.3 is 18.2 Å². The molecule has 0 radical (unpaired) electrons. The van der Waals surface area contributed by atoms with Gasteiger partial charge in [0.25, 0.3) is 0 Å². The normalized spacial score (nSPS) is 10.9. The van der Waals surface area contributed by atoms with Gasteiger partial charge in [-0.15, -0.1) is 0 Å². The summed E-state index contributed by atoms with van der Waals surface area (Å²) in [6.07, 6.45) is -3.97. The molecule has 0 heterocycles. The van der Waals surface area contributed by atoms with Crippen molar-refractivity contribution in [1.29, 1.82) is 0 Å². The van der Waals surface area contributed by atoms with Crippen molar-refractivity contribution in [2.24, 2.45) is 0 Å². The second kappa shape index (κ2) is 6.97. The Hall–Kier alpha value is -1.47. The van der Waals surface area contributed by atoms with Crippen LogP contribution in [0.5, 0.6) is 0 Å². The van der Waals surface area contributed by atoms with E-state index < -0.39 is 24.7 Å². The zero-order valence-electron chi connectivity index (χ0n) is 9.63. The van der Waals surface area contributed by atoms with Crippen LogP contribution >= 0.6 is 0 Å². The molecular formula is C9H15F3N2O3. The van der Waals surface area contributed by atoms with Crippen LogP contribution < -0.4 is 5.32 Å². The van der Waals surface area contributed by atoms with E-state index in [4.69, 9.17) is 0 Å². The molecule has 0 atom stereocenters. The third-order valence-electron chi connectivity index (χ3n) is 1.89. The zero-order chi connectivity index (χ0) is 13.5. The van der Waals surface area contributed by atoms with Gasteiger partial charge in [-0.2, -0.15) is 13.2 Å². The Kier molecular flexibility index (Phi) is 6.37. The summed E-state index contributed by atoms with van der Waals surface area (Å²) in [7, 11) is 2.59. The molecule has 0 aliphatic heterocycles. The van der Waals surface area contributed by atoms with E-state index in [1.165, 1.54) is 14.2 Å². The highest BCUT2D eigenvalue weighted by Gasteiger charge is 2.28. The number of carbonyl (C=O) groups is 2. The number of rotatable bonds is 5. The number of nitrogens with one attached hydrogen (secondary N) is 1. The van der Waals surface area contributed by atoms with Crippen LogP contribution in [0.1, 0.15) is 12.8 Å². The van der Waals surface area contributed by atoms with Crippen LogP contribution in [0, 0.1) is 0 Å². The number of hydrogen-bond acceptors (Lipinski definition) is 3. The summed E-state index contributed by atoms with van der Waals surface area (Å²) in [5.41, 5.74) is 0. The van der Waals surface area contributed by atoms with E-state index in [0.29, 0.717) is 6.42 Å². The second-order valence-corrected chi connectivity index (χ2v) is 3.38. The second-order valence-electron chi connectivity index (χ2n) is 3.38. The first kappa shape index (κ1) is 15.5. The van der Waals surface area contributed by atoms with Crippen LogP contribution in [0.15, 0.2) is 0 Å². The minimum absolute atomic E-state index is 0.118. The van der Waals surface area contributed by atoms with E-state index in [9.17, 15) is 22.8 Å². The quantitative estimate of drug-likeness (QED) is 0.750. The molecular weight excluding hydrogens is 241 g/mol. The number of methoxy groups -OCH3 is 1. The zero-order valence-corrected chi connectivity index (χ0v) is 9.63. The lowest BCUT2D eigenvalue weighted by Crippen LogP contribution is -2.42. The highest BCUT2D eigenvalue weighted by molar-refractivity contribution is 5.74. The summed E-state index contributed by atoms with van der Waals surface area (Å²) in [5.74, 6) is -0.422. The lowest BCUT2D eigenvalue weighted by molar-refractivity contribution is -0.140. The van der Waals surface area contributed by atoms with Crippen LogP contribution in [0.2, 0.25) is 0 Å². The summed E-state index contributed by atoms with van der Waals surface area (Å²) in [6, 6.07) is -0.827. The van der Waals surface area contributed by atoms with E-state index in [2.05, 4.69) is 4.74 Å². The Labute approximate surface area is 96.9 Å². The Bertz CT molecular complexity index is 269. The van der Waals surface area contributed by atoms with Crippen LogP contribution in [-0.4, -0.2) is 50.3 Å². The Balaban J connectivity index is 3.79. The van der Waals surface area contributed by atoms with Crippen LogP contribution in [0.25, 0.3) is 0 Å². The van der Waals surface area contributed by atoms with Crippen molar-refractivity contribution >= 4 is 12.0 Å². The van der Waals surface area contributed by atoms with Gasteiger partial charge in [-0.05, 0) is 6.42 Å². The van der Waals surface area contributed by atoms with Gasteiger partial charge in [0.15, 0.2) is 0 Å². The summed E-state index contributed by atoms with van der Waals surface area (Å²) in [4.78, 5) is 22.9. The molecule has 0 unspecified atom stereocenters. The number of alkyl halides is 3. The van der Waals surface area contributed by atoms with Crippen molar-refractivity contribution in [2.45, 2.75) is 19.0 Å². The number of ether oxygens (including phenoxy) is 1. The molecule has 0 bridgehead atoms. The summed E-state index contributed by atoms with van der Waals surface area (Å²) in [5, 5.41) is 1.72. The average molecular weight is 256 g/mol. The van der Waals surface area contributed by atoms with E-state index >= 15 is 0 Å². The lowest BCUT2D eigenvalue weighted by atomic mass is 10.3. The molecule has 1 N–H and O–H groups in total. The van der Waals surface area contributed by atoms with Gasteiger partial charge in [0, 0.05) is 20.0 Å². The van der Waals surface area contributed by atoms with Crippen molar-refractivity contribution in [2.75, 3.05) is 27.2 Å². The molecule has 0 saturated carbocycles. The fourth-order valence-corrected chi connectivity index (χ4v) is 0.975. The molecule has 0 spiro atoms. The molecule has 0 aromatic heterocycles. The summed E-state index contributed by atoms with van der Waals surface area (Å²) < 4.78 is 39.7. The smallest absolute Gasteiger partial charge is 0.405 e. The number of nitrogens with zero attached hydrogens (tertiary/aromatic N) is 1. The standard InChI is InChI=1S/C9H15F3N2O3/c1-14(5-3-4-7(15)17-2)8(16)13-6-9(10,11)12/h3-6H2,1-2H3,(H,13,16). The fraction of sp³-hybridized carbons (Fsp3) is 0.778. The van der Waals surface area contributed by atoms with E-state index in [1.807, 2.05) is 0 Å². The van der Waals surface area contributed by atoms with Crippen LogP contribution in [-0.2, 0) is 9.53 Å². The highest BCUT2D eigenvalue weighted by atomic mass is 19.4. The van der Waals surface area contributed by atoms with Gasteiger partial charge in [0.1, 0.15) is 6.54 Å². The molecule has 0 aliphatic rings. The maximum atomic E-state index is 11.8. The van der Waals surface area contributed by atoms with Gasteiger partial charge in [0.05, 0.1) is 7.11 Å². The van der Waals surface area contributed by atoms with Crippen molar-refractivity contribution in [3.05, 3.63) is 0 Å². The maximum Gasteiger partial charge on any atom is 0.405 e. The van der Waals surface area contributed by atoms with Gasteiger partial charge in [-0.25, -0.2) is 4.79 Å². The third kappa shape index (κ3) is 8.35. The van der Waals surface area contributed by atoms with Gasteiger partial charge in [-0.1, -0.05) is 0 Å². The molecule has 5 nitrogen and oxygen atoms in total. The molecule has 0 rings (SSSR count). The van der Waals surface area contributed by atoms with E-state index in [1.54, 1.807) is 5.32 Å². The Morgan fingerprint density at radius 2 is 1.94 bits per heavy atom. The predicted octanol–water partition coefficient (Wildman–Crippen LogP) is 1.14. The minimum atomic E-state index is -4.43. The molecule has 0 aromatic carbocycles. The average Bonchev–Trinajstić information content (AvgIpc) is 2.24. The molecule has 0 aliphatic carbocycles. The van der Waals surface area contributed by atoms with E-state index in [0.717, 1.165) is 4.90 Å². The monoisotopic (exact) mass is 256 g/mol. The van der Waals surface area contributed by atoms with Crippen molar-refractivity contribution in [3.63, 3.8) is 0 Å². The molecule has 0 saturated heterocycles. The predicted molar refractivity (Wildman–Crippen MR) is 53.3 cm³/mol. The number of halogens is 3. The first-order valence-electron chi connectivity index (χ1n) is 4.89. The van der Waals surface area contributed by atoms with Crippen molar-refractivity contribution in [1.82, 2.24) is 10.2 Å². The van der Waals surface area contributed by atoms with Crippen molar-refractivity contribution < 1.29 is 27.5 Å². The highest BCUT2D eigenvalue weighted by Crippen LogP contribution is 2.12. The maximum absolute atomic E-state index is 11.8. The lowest BCUT2D eigenvalue weighted by Gasteiger charge is -2.18. The van der Waals surface area contributed by atoms with Gasteiger partial charge < -0.3 is 15.0 Å². The van der Waals surface area contributed by atoms with E-state index in [-0.39, 0.29) is 13.0 Å². The van der Waals surface area contributed by atoms with Gasteiger partial charge in [-0.3, -0.25) is 4.79 Å². The number of amides is 2. The van der Waals surface area contributed by atoms with Crippen LogP contribution in [0.3, 0.4) is 0 Å². The summed E-state index contributed by atoms with van der Waals surface area (Å²) in [6.45, 7) is -1.19. The number of carbonyl (C=O) groups excluding carboxylic acids is 2. The number of hydrogen-bond donors (Lipinski definition) is 1. The molecule has 17 heavy (non-hydrogen) atoms. The number of esters is 1. The molecule has 0 aromatic rings. The Morgan fingerprint density at radius 1 is 1.35 bits per heavy atom.